The zero-order chi connectivity index (χ0) is 13.0. The molecule has 0 amide bonds. The Morgan fingerprint density at radius 3 is 2.83 bits per heavy atom. The van der Waals surface area contributed by atoms with Crippen LogP contribution < -0.4 is 4.74 Å². The van der Waals surface area contributed by atoms with Crippen LogP contribution in [0.4, 0.5) is 0 Å². The van der Waals surface area contributed by atoms with Crippen molar-refractivity contribution in [2.75, 3.05) is 26.8 Å². The van der Waals surface area contributed by atoms with E-state index in [0.717, 1.165) is 25.3 Å². The molecule has 2 unspecified atom stereocenters. The highest BCUT2D eigenvalue weighted by Gasteiger charge is 2.28. The van der Waals surface area contributed by atoms with E-state index >= 15 is 0 Å². The molecule has 0 aromatic heterocycles. The monoisotopic (exact) mass is 249 g/mol. The van der Waals surface area contributed by atoms with Crippen LogP contribution in [-0.4, -0.2) is 36.8 Å². The lowest BCUT2D eigenvalue weighted by atomic mass is 9.89. The van der Waals surface area contributed by atoms with Crippen LogP contribution in [0, 0.1) is 5.92 Å². The van der Waals surface area contributed by atoms with Crippen molar-refractivity contribution in [2.24, 2.45) is 5.92 Å². The molecular formula is C15H23NO2. The minimum absolute atomic E-state index is 0.221. The number of aliphatic hydroxyl groups excluding tert-OH is 1. The van der Waals surface area contributed by atoms with Gasteiger partial charge in [-0.15, -0.1) is 0 Å². The van der Waals surface area contributed by atoms with Crippen molar-refractivity contribution in [2.45, 2.75) is 25.8 Å². The van der Waals surface area contributed by atoms with Gasteiger partial charge in [0.2, 0.25) is 0 Å². The number of hydrogen-bond donors (Lipinski definition) is 1. The minimum atomic E-state index is 0.221. The molecule has 2 atom stereocenters. The first kappa shape index (κ1) is 13.4. The van der Waals surface area contributed by atoms with E-state index in [1.165, 1.54) is 12.0 Å². The Balaban J connectivity index is 2.23. The predicted octanol–water partition coefficient (Wildman–Crippen LogP) is 2.46. The number of rotatable bonds is 4. The van der Waals surface area contributed by atoms with Gasteiger partial charge >= 0.3 is 0 Å². The summed E-state index contributed by atoms with van der Waals surface area (Å²) in [5.74, 6) is 1.67. The SMILES string of the molecule is COc1ccccc1C1CCC(C)CN1CCO. The van der Waals surface area contributed by atoms with Gasteiger partial charge in [-0.05, 0) is 24.8 Å². The van der Waals surface area contributed by atoms with Crippen LogP contribution in [-0.2, 0) is 0 Å². The van der Waals surface area contributed by atoms with Gasteiger partial charge in [-0.2, -0.15) is 0 Å². The summed E-state index contributed by atoms with van der Waals surface area (Å²) in [4.78, 5) is 2.38. The fourth-order valence-electron chi connectivity index (χ4n) is 2.91. The quantitative estimate of drug-likeness (QED) is 0.889. The number of hydrogen-bond acceptors (Lipinski definition) is 3. The molecule has 0 aliphatic carbocycles. The van der Waals surface area contributed by atoms with Gasteiger partial charge in [0.1, 0.15) is 5.75 Å². The molecule has 1 aliphatic heterocycles. The number of piperidine rings is 1. The van der Waals surface area contributed by atoms with Gasteiger partial charge in [0.05, 0.1) is 13.7 Å². The Labute approximate surface area is 109 Å². The number of nitrogens with zero attached hydrogens (tertiary/aromatic N) is 1. The van der Waals surface area contributed by atoms with Crippen molar-refractivity contribution in [3.63, 3.8) is 0 Å². The second kappa shape index (κ2) is 6.21. The standard InChI is InChI=1S/C15H23NO2/c1-12-7-8-14(16(11-12)9-10-17)13-5-3-4-6-15(13)18-2/h3-6,12,14,17H,7-11H2,1-2H3. The fraction of sp³-hybridized carbons (Fsp3) is 0.600. The molecule has 100 valence electrons. The van der Waals surface area contributed by atoms with Crippen LogP contribution in [0.3, 0.4) is 0 Å². The number of methoxy groups -OCH3 is 1. The van der Waals surface area contributed by atoms with Crippen molar-refractivity contribution in [3.8, 4) is 5.75 Å². The predicted molar refractivity (Wildman–Crippen MR) is 72.8 cm³/mol. The summed E-state index contributed by atoms with van der Waals surface area (Å²) in [7, 11) is 1.72. The average Bonchev–Trinajstić information content (AvgIpc) is 2.39. The van der Waals surface area contributed by atoms with Gasteiger partial charge in [-0.1, -0.05) is 25.1 Å². The third-order valence-corrected chi connectivity index (χ3v) is 3.80. The van der Waals surface area contributed by atoms with Gasteiger partial charge in [-0.25, -0.2) is 0 Å². The number of likely N-dealkylation sites (tertiary alicyclic amines) is 1. The van der Waals surface area contributed by atoms with Crippen molar-refractivity contribution < 1.29 is 9.84 Å². The maximum atomic E-state index is 9.22. The van der Waals surface area contributed by atoms with Crippen LogP contribution in [0.1, 0.15) is 31.4 Å². The largest absolute Gasteiger partial charge is 0.496 e. The van der Waals surface area contributed by atoms with Crippen LogP contribution >= 0.6 is 0 Å². The third-order valence-electron chi connectivity index (χ3n) is 3.80. The molecule has 1 aromatic rings. The Morgan fingerprint density at radius 1 is 1.33 bits per heavy atom. The first-order chi connectivity index (χ1) is 8.76. The molecule has 1 fully saturated rings. The number of aliphatic hydroxyl groups is 1. The highest BCUT2D eigenvalue weighted by Crippen LogP contribution is 2.37. The molecule has 18 heavy (non-hydrogen) atoms. The minimum Gasteiger partial charge on any atom is -0.496 e. The molecule has 0 bridgehead atoms. The first-order valence-corrected chi connectivity index (χ1v) is 6.74. The summed E-state index contributed by atoms with van der Waals surface area (Å²) in [6, 6.07) is 8.61. The van der Waals surface area contributed by atoms with Gasteiger partial charge < -0.3 is 9.84 Å². The van der Waals surface area contributed by atoms with E-state index in [-0.39, 0.29) is 6.61 Å². The smallest absolute Gasteiger partial charge is 0.123 e. The lowest BCUT2D eigenvalue weighted by molar-refractivity contribution is 0.0889. The van der Waals surface area contributed by atoms with E-state index in [0.29, 0.717) is 12.0 Å². The molecule has 1 aromatic carbocycles. The van der Waals surface area contributed by atoms with Crippen molar-refractivity contribution in [1.29, 1.82) is 0 Å². The summed E-state index contributed by atoms with van der Waals surface area (Å²) < 4.78 is 5.46. The van der Waals surface area contributed by atoms with E-state index in [9.17, 15) is 5.11 Å². The Bertz CT molecular complexity index is 381. The molecular weight excluding hydrogens is 226 g/mol. The molecule has 0 spiro atoms. The van der Waals surface area contributed by atoms with E-state index in [1.54, 1.807) is 7.11 Å². The highest BCUT2D eigenvalue weighted by atomic mass is 16.5. The van der Waals surface area contributed by atoms with Crippen molar-refractivity contribution >= 4 is 0 Å². The van der Waals surface area contributed by atoms with Gasteiger partial charge in [0.15, 0.2) is 0 Å². The lowest BCUT2D eigenvalue weighted by Crippen LogP contribution is -2.39. The summed E-state index contributed by atoms with van der Waals surface area (Å²) in [6.07, 6.45) is 2.38. The highest BCUT2D eigenvalue weighted by molar-refractivity contribution is 5.36. The molecule has 3 heteroatoms. The molecule has 0 saturated carbocycles. The number of β-amino-alcohol motifs (C(OH)–C–C–N with tert-alkyl or cyclic N) is 1. The molecule has 1 aliphatic rings. The van der Waals surface area contributed by atoms with E-state index in [4.69, 9.17) is 4.74 Å². The van der Waals surface area contributed by atoms with Gasteiger partial charge in [-0.3, -0.25) is 4.90 Å². The van der Waals surface area contributed by atoms with E-state index in [2.05, 4.69) is 24.0 Å². The normalized spacial score (nSPS) is 25.1. The second-order valence-corrected chi connectivity index (χ2v) is 5.16. The van der Waals surface area contributed by atoms with Crippen LogP contribution in [0.15, 0.2) is 24.3 Å². The Morgan fingerprint density at radius 2 is 2.11 bits per heavy atom. The lowest BCUT2D eigenvalue weighted by Gasteiger charge is -2.39. The van der Waals surface area contributed by atoms with E-state index in [1.807, 2.05) is 12.1 Å². The van der Waals surface area contributed by atoms with Crippen LogP contribution in [0.25, 0.3) is 0 Å². The molecule has 1 N–H and O–H groups in total. The number of ether oxygens (including phenoxy) is 1. The van der Waals surface area contributed by atoms with Gasteiger partial charge in [0.25, 0.3) is 0 Å². The molecule has 1 saturated heterocycles. The van der Waals surface area contributed by atoms with Crippen LogP contribution in [0.2, 0.25) is 0 Å². The Kier molecular flexibility index (Phi) is 4.61. The first-order valence-electron chi connectivity index (χ1n) is 6.74. The maximum Gasteiger partial charge on any atom is 0.123 e. The van der Waals surface area contributed by atoms with Gasteiger partial charge in [0, 0.05) is 24.7 Å². The topological polar surface area (TPSA) is 32.7 Å². The summed E-state index contributed by atoms with van der Waals surface area (Å²) in [6.45, 7) is 4.30. The molecule has 3 nitrogen and oxygen atoms in total. The van der Waals surface area contributed by atoms with Crippen molar-refractivity contribution in [3.05, 3.63) is 29.8 Å². The van der Waals surface area contributed by atoms with E-state index < -0.39 is 0 Å². The van der Waals surface area contributed by atoms with Crippen LogP contribution in [0.5, 0.6) is 5.75 Å². The average molecular weight is 249 g/mol. The summed E-state index contributed by atoms with van der Waals surface area (Å²) >= 11 is 0. The Hall–Kier alpha value is -1.06. The second-order valence-electron chi connectivity index (χ2n) is 5.16. The zero-order valence-electron chi connectivity index (χ0n) is 11.3. The molecule has 1 heterocycles. The van der Waals surface area contributed by atoms with Crippen molar-refractivity contribution in [1.82, 2.24) is 4.90 Å². The maximum absolute atomic E-state index is 9.22. The summed E-state index contributed by atoms with van der Waals surface area (Å²) in [5, 5.41) is 9.22. The number of benzene rings is 1. The zero-order valence-corrected chi connectivity index (χ0v) is 11.3. The fourth-order valence-corrected chi connectivity index (χ4v) is 2.91. The molecule has 2 rings (SSSR count). The summed E-state index contributed by atoms with van der Waals surface area (Å²) in [5.41, 5.74) is 1.25. The third kappa shape index (κ3) is 2.85. The number of para-hydroxylation sites is 1. The molecule has 0 radical (unpaired) electrons.